The fourth-order valence-electron chi connectivity index (χ4n) is 2.28. The Morgan fingerprint density at radius 3 is 2.00 bits per heavy atom. The smallest absolute Gasteiger partial charge is 0.390 e. The molecule has 0 aromatic heterocycles. The highest BCUT2D eigenvalue weighted by Crippen LogP contribution is 2.19. The van der Waals surface area contributed by atoms with Crippen molar-refractivity contribution in [1.29, 1.82) is 0 Å². The minimum Gasteiger partial charge on any atom is -0.497 e. The molecule has 25 heavy (non-hydrogen) atoms. The van der Waals surface area contributed by atoms with Crippen molar-refractivity contribution in [3.05, 3.63) is 84.4 Å². The van der Waals surface area contributed by atoms with Gasteiger partial charge in [0, 0.05) is 11.5 Å². The highest BCUT2D eigenvalue weighted by molar-refractivity contribution is 5.90. The lowest BCUT2D eigenvalue weighted by atomic mass is 10.0. The predicted octanol–water partition coefficient (Wildman–Crippen LogP) is 4.32. The summed E-state index contributed by atoms with van der Waals surface area (Å²) in [5.74, 6) is 5.84. The van der Waals surface area contributed by atoms with E-state index in [1.807, 2.05) is 54.6 Å². The summed E-state index contributed by atoms with van der Waals surface area (Å²) >= 11 is 0. The van der Waals surface area contributed by atoms with Gasteiger partial charge in [-0.15, -0.1) is 0 Å². The van der Waals surface area contributed by atoms with E-state index in [1.54, 1.807) is 31.4 Å². The molecule has 0 saturated carbocycles. The van der Waals surface area contributed by atoms with E-state index in [1.165, 1.54) is 0 Å². The van der Waals surface area contributed by atoms with Crippen LogP contribution in [-0.4, -0.2) is 13.1 Å². The molecule has 0 unspecified atom stereocenters. The first-order chi connectivity index (χ1) is 12.2. The number of carbonyl (C=O) groups excluding carboxylic acids is 1. The molecule has 0 amide bonds. The summed E-state index contributed by atoms with van der Waals surface area (Å²) in [6.07, 6.45) is 0. The molecule has 0 atom stereocenters. The number of carbonyl (C=O) groups is 1. The first-order valence-electron chi connectivity index (χ1n) is 7.78. The van der Waals surface area contributed by atoms with E-state index in [2.05, 4.69) is 11.8 Å². The van der Waals surface area contributed by atoms with E-state index in [-0.39, 0.29) is 0 Å². The lowest BCUT2D eigenvalue weighted by Gasteiger charge is -2.02. The molecular weight excluding hydrogens is 312 g/mol. The Hall–Kier alpha value is -3.51. The number of hydrogen-bond donors (Lipinski definition) is 0. The van der Waals surface area contributed by atoms with Crippen molar-refractivity contribution in [2.75, 3.05) is 7.11 Å². The average molecular weight is 328 g/mol. The van der Waals surface area contributed by atoms with Crippen LogP contribution in [0.15, 0.2) is 78.9 Å². The van der Waals surface area contributed by atoms with Gasteiger partial charge in [-0.2, -0.15) is 0 Å². The van der Waals surface area contributed by atoms with Crippen LogP contribution in [0, 0.1) is 11.8 Å². The Morgan fingerprint density at radius 2 is 1.36 bits per heavy atom. The van der Waals surface area contributed by atoms with Gasteiger partial charge < -0.3 is 9.47 Å². The fraction of sp³-hybridized carbons (Fsp3) is 0.0455. The van der Waals surface area contributed by atoms with E-state index < -0.39 is 5.97 Å². The predicted molar refractivity (Wildman–Crippen MR) is 97.4 cm³/mol. The van der Waals surface area contributed by atoms with Gasteiger partial charge in [0.15, 0.2) is 0 Å². The zero-order valence-electron chi connectivity index (χ0n) is 13.7. The molecule has 0 N–H and O–H groups in total. The third-order valence-corrected chi connectivity index (χ3v) is 3.57. The molecule has 122 valence electrons. The number of benzene rings is 3. The third kappa shape index (κ3) is 4.49. The molecule has 3 nitrogen and oxygen atoms in total. The lowest BCUT2D eigenvalue weighted by Crippen LogP contribution is -2.04. The number of methoxy groups -OCH3 is 1. The minimum absolute atomic E-state index is 0.430. The molecule has 0 radical (unpaired) electrons. The summed E-state index contributed by atoms with van der Waals surface area (Å²) in [5.41, 5.74) is 3.00. The molecule has 3 rings (SSSR count). The van der Waals surface area contributed by atoms with Crippen molar-refractivity contribution < 1.29 is 14.3 Å². The minimum atomic E-state index is -0.600. The van der Waals surface area contributed by atoms with Crippen molar-refractivity contribution in [2.24, 2.45) is 0 Å². The lowest BCUT2D eigenvalue weighted by molar-refractivity contribution is -0.128. The highest BCUT2D eigenvalue weighted by Gasteiger charge is 2.01. The van der Waals surface area contributed by atoms with Crippen LogP contribution in [0.5, 0.6) is 11.5 Å². The van der Waals surface area contributed by atoms with Crippen molar-refractivity contribution in [3.63, 3.8) is 0 Å². The van der Waals surface area contributed by atoms with Gasteiger partial charge in [-0.3, -0.25) is 0 Å². The Labute approximate surface area is 146 Å². The van der Waals surface area contributed by atoms with Crippen LogP contribution in [0.25, 0.3) is 11.1 Å². The fourth-order valence-corrected chi connectivity index (χ4v) is 2.28. The Balaban J connectivity index is 1.65. The molecule has 0 aliphatic carbocycles. The largest absolute Gasteiger partial charge is 0.497 e. The van der Waals surface area contributed by atoms with Crippen molar-refractivity contribution >= 4 is 5.97 Å². The van der Waals surface area contributed by atoms with Crippen LogP contribution in [0.3, 0.4) is 0 Å². The summed E-state index contributed by atoms with van der Waals surface area (Å²) in [5, 5.41) is 0. The molecule has 0 heterocycles. The summed E-state index contributed by atoms with van der Waals surface area (Å²) in [6.45, 7) is 0. The van der Waals surface area contributed by atoms with Gasteiger partial charge in [0.1, 0.15) is 11.5 Å². The number of esters is 1. The first kappa shape index (κ1) is 16.4. The van der Waals surface area contributed by atoms with Crippen LogP contribution in [-0.2, 0) is 4.79 Å². The number of rotatable bonds is 3. The van der Waals surface area contributed by atoms with E-state index in [9.17, 15) is 4.79 Å². The second kappa shape index (κ2) is 7.85. The normalized spacial score (nSPS) is 9.64. The topological polar surface area (TPSA) is 35.5 Å². The maximum atomic E-state index is 11.8. The molecule has 0 spiro atoms. The molecule has 0 saturated heterocycles. The van der Waals surface area contributed by atoms with Crippen LogP contribution < -0.4 is 9.47 Å². The van der Waals surface area contributed by atoms with E-state index in [4.69, 9.17) is 9.47 Å². The van der Waals surface area contributed by atoms with Crippen molar-refractivity contribution in [3.8, 4) is 34.5 Å². The zero-order valence-corrected chi connectivity index (χ0v) is 13.7. The molecule has 3 aromatic rings. The monoisotopic (exact) mass is 328 g/mol. The van der Waals surface area contributed by atoms with Gasteiger partial charge in [-0.1, -0.05) is 48.4 Å². The van der Waals surface area contributed by atoms with Crippen LogP contribution in [0.1, 0.15) is 5.56 Å². The molecule has 0 fully saturated rings. The molecular formula is C22H16O3. The summed E-state index contributed by atoms with van der Waals surface area (Å²) in [7, 11) is 1.58. The van der Waals surface area contributed by atoms with Crippen molar-refractivity contribution in [2.45, 2.75) is 0 Å². The van der Waals surface area contributed by atoms with Gasteiger partial charge in [0.05, 0.1) is 7.11 Å². The van der Waals surface area contributed by atoms with Gasteiger partial charge in [0.2, 0.25) is 0 Å². The molecule has 0 aliphatic rings. The van der Waals surface area contributed by atoms with Gasteiger partial charge in [-0.05, 0) is 47.5 Å². The highest BCUT2D eigenvalue weighted by atomic mass is 16.5. The van der Waals surface area contributed by atoms with Crippen LogP contribution in [0.2, 0.25) is 0 Å². The average Bonchev–Trinajstić information content (AvgIpc) is 2.68. The molecule has 3 heteroatoms. The van der Waals surface area contributed by atoms with Gasteiger partial charge in [-0.25, -0.2) is 4.79 Å². The molecule has 0 aliphatic heterocycles. The first-order valence-corrected chi connectivity index (χ1v) is 7.78. The van der Waals surface area contributed by atoms with Crippen LogP contribution in [0.4, 0.5) is 0 Å². The zero-order chi connectivity index (χ0) is 17.5. The maximum absolute atomic E-state index is 11.8. The second-order valence-corrected chi connectivity index (χ2v) is 5.26. The Bertz CT molecular complexity index is 899. The Morgan fingerprint density at radius 1 is 0.760 bits per heavy atom. The van der Waals surface area contributed by atoms with Crippen LogP contribution >= 0.6 is 0 Å². The van der Waals surface area contributed by atoms with E-state index in [0.717, 1.165) is 16.7 Å². The second-order valence-electron chi connectivity index (χ2n) is 5.26. The Kier molecular flexibility index (Phi) is 5.13. The summed E-state index contributed by atoms with van der Waals surface area (Å²) in [4.78, 5) is 11.8. The molecule has 0 bridgehead atoms. The van der Waals surface area contributed by atoms with E-state index >= 15 is 0 Å². The quantitative estimate of drug-likeness (QED) is 0.408. The summed E-state index contributed by atoms with van der Waals surface area (Å²) in [6, 6.07) is 24.6. The van der Waals surface area contributed by atoms with Gasteiger partial charge >= 0.3 is 5.97 Å². The number of hydrogen-bond acceptors (Lipinski definition) is 3. The maximum Gasteiger partial charge on any atom is 0.390 e. The third-order valence-electron chi connectivity index (χ3n) is 3.57. The standard InChI is InChI=1S/C22H16O3/c1-24-20-12-14-21(15-13-20)25-22(23)16-9-17-7-10-19(11-8-17)18-5-3-2-4-6-18/h2-8,10-15H,1H3. The number of ether oxygens (including phenoxy) is 2. The summed E-state index contributed by atoms with van der Waals surface area (Å²) < 4.78 is 10.2. The SMILES string of the molecule is COc1ccc(OC(=O)C#Cc2ccc(-c3ccccc3)cc2)cc1. The van der Waals surface area contributed by atoms with Crippen molar-refractivity contribution in [1.82, 2.24) is 0 Å². The van der Waals surface area contributed by atoms with E-state index in [0.29, 0.717) is 11.5 Å². The molecule has 3 aromatic carbocycles. The van der Waals surface area contributed by atoms with Gasteiger partial charge in [0.25, 0.3) is 0 Å².